The summed E-state index contributed by atoms with van der Waals surface area (Å²) in [7, 11) is 4.00. The van der Waals surface area contributed by atoms with Crippen LogP contribution in [0.25, 0.3) is 16.9 Å². The van der Waals surface area contributed by atoms with E-state index in [1.807, 2.05) is 30.6 Å². The van der Waals surface area contributed by atoms with Crippen LogP contribution in [0.5, 0.6) is 0 Å². The molecule has 0 aliphatic carbocycles. The van der Waals surface area contributed by atoms with Gasteiger partial charge in [0.2, 0.25) is 0 Å². The summed E-state index contributed by atoms with van der Waals surface area (Å²) in [5.41, 5.74) is 6.11. The number of halogens is 1. The zero-order valence-corrected chi connectivity index (χ0v) is 20.1. The van der Waals surface area contributed by atoms with Crippen LogP contribution in [0, 0.1) is 5.82 Å². The van der Waals surface area contributed by atoms with Crippen molar-refractivity contribution in [3.8, 4) is 11.3 Å². The number of nitrogens with one attached hydrogen (secondary N) is 2. The lowest BCUT2D eigenvalue weighted by atomic mass is 9.99. The zero-order chi connectivity index (χ0) is 24.8. The summed E-state index contributed by atoms with van der Waals surface area (Å²) in [5, 5.41) is 6.26. The Morgan fingerprint density at radius 3 is 2.94 bits per heavy atom. The number of rotatable bonds is 6. The molecular weight excluding hydrogens is 461 g/mol. The fourth-order valence-electron chi connectivity index (χ4n) is 4.99. The number of carbonyl (C=O) groups is 1. The van der Waals surface area contributed by atoms with Gasteiger partial charge in [-0.15, -0.1) is 0 Å². The van der Waals surface area contributed by atoms with Crippen molar-refractivity contribution in [2.75, 3.05) is 32.6 Å². The van der Waals surface area contributed by atoms with Crippen molar-refractivity contribution < 1.29 is 13.9 Å². The van der Waals surface area contributed by atoms with Gasteiger partial charge in [0.25, 0.3) is 5.91 Å². The summed E-state index contributed by atoms with van der Waals surface area (Å²) in [5.74, 6) is 0.321. The van der Waals surface area contributed by atoms with E-state index in [1.165, 1.54) is 12.1 Å². The number of benzene rings is 1. The van der Waals surface area contributed by atoms with Gasteiger partial charge in [0.1, 0.15) is 17.3 Å². The van der Waals surface area contributed by atoms with E-state index in [4.69, 9.17) is 14.7 Å². The van der Waals surface area contributed by atoms with Crippen molar-refractivity contribution in [3.05, 3.63) is 71.2 Å². The predicted molar refractivity (Wildman–Crippen MR) is 133 cm³/mol. The second-order valence-corrected chi connectivity index (χ2v) is 9.42. The highest BCUT2D eigenvalue weighted by Gasteiger charge is 2.28. The molecule has 5 heterocycles. The van der Waals surface area contributed by atoms with E-state index in [9.17, 15) is 9.18 Å². The fourth-order valence-corrected chi connectivity index (χ4v) is 4.99. The largest absolute Gasteiger partial charge is 0.381 e. The highest BCUT2D eigenvalue weighted by atomic mass is 19.1. The third-order valence-electron chi connectivity index (χ3n) is 6.64. The van der Waals surface area contributed by atoms with E-state index in [0.717, 1.165) is 41.2 Å². The van der Waals surface area contributed by atoms with Crippen molar-refractivity contribution in [2.24, 2.45) is 0 Å². The molecule has 4 aromatic rings. The van der Waals surface area contributed by atoms with Crippen LogP contribution in [0.1, 0.15) is 39.6 Å². The molecule has 2 aliphatic heterocycles. The maximum atomic E-state index is 13.7. The van der Waals surface area contributed by atoms with Crippen LogP contribution in [0.3, 0.4) is 0 Å². The first-order valence-electron chi connectivity index (χ1n) is 11.9. The average molecular weight is 488 g/mol. The smallest absolute Gasteiger partial charge is 0.254 e. The first-order chi connectivity index (χ1) is 17.5. The second kappa shape index (κ2) is 8.96. The number of fused-ring (bicyclic) bond motifs is 2. The lowest BCUT2D eigenvalue weighted by Crippen LogP contribution is -2.18. The molecule has 0 radical (unpaired) electrons. The van der Waals surface area contributed by atoms with E-state index in [2.05, 4.69) is 20.5 Å². The first kappa shape index (κ1) is 22.6. The monoisotopic (exact) mass is 487 g/mol. The van der Waals surface area contributed by atoms with Crippen molar-refractivity contribution in [3.63, 3.8) is 0 Å². The molecule has 0 saturated carbocycles. The lowest BCUT2D eigenvalue weighted by Gasteiger charge is -2.18. The number of nitrogens with zero attached hydrogens (tertiary/aromatic N) is 5. The molecule has 6 rings (SSSR count). The third kappa shape index (κ3) is 3.98. The standard InChI is InChI=1S/C26H26FN7O2/c1-33(2)13-20-25(15-6-8-36-14-15)29-12-22(32-20)31-19-4-3-17(18-10-30-26(35)24(18)19)21-11-28-23-9-16(27)5-7-34(21)23/h3-5,7,9,11-12,15H,6,8,10,13-14H2,1-2H3,(H,30,35)(H,31,32)/t15-/m0/s1. The number of amides is 1. The Balaban J connectivity index is 1.38. The molecule has 36 heavy (non-hydrogen) atoms. The number of hydrogen-bond donors (Lipinski definition) is 2. The van der Waals surface area contributed by atoms with Crippen LogP contribution >= 0.6 is 0 Å². The van der Waals surface area contributed by atoms with Crippen LogP contribution in [0.2, 0.25) is 0 Å². The maximum Gasteiger partial charge on any atom is 0.254 e. The Morgan fingerprint density at radius 2 is 2.14 bits per heavy atom. The molecule has 1 fully saturated rings. The Labute approximate surface area is 207 Å². The number of hydrogen-bond acceptors (Lipinski definition) is 7. The summed E-state index contributed by atoms with van der Waals surface area (Å²) in [6.45, 7) is 2.45. The quantitative estimate of drug-likeness (QED) is 0.430. The molecule has 1 aromatic carbocycles. The Hall–Kier alpha value is -3.89. The molecule has 3 aromatic heterocycles. The molecule has 2 aliphatic rings. The van der Waals surface area contributed by atoms with Gasteiger partial charge in [-0.25, -0.2) is 14.4 Å². The summed E-state index contributed by atoms with van der Waals surface area (Å²) in [6.07, 6.45) is 6.01. The van der Waals surface area contributed by atoms with E-state index in [0.29, 0.717) is 42.4 Å². The summed E-state index contributed by atoms with van der Waals surface area (Å²) >= 11 is 0. The molecule has 2 N–H and O–H groups in total. The SMILES string of the molecule is CN(C)Cc1nc(Nc2ccc(-c3cnc4cc(F)ccn34)c3c2C(=O)NC3)cnc1[C@H]1CCOC1. The normalized spacial score (nSPS) is 17.1. The van der Waals surface area contributed by atoms with E-state index >= 15 is 0 Å². The minimum Gasteiger partial charge on any atom is -0.381 e. The highest BCUT2D eigenvalue weighted by Crippen LogP contribution is 2.36. The van der Waals surface area contributed by atoms with Crippen LogP contribution < -0.4 is 10.6 Å². The number of ether oxygens (including phenoxy) is 1. The molecule has 0 bridgehead atoms. The number of imidazole rings is 1. The van der Waals surface area contributed by atoms with Gasteiger partial charge in [0.15, 0.2) is 0 Å². The fraction of sp³-hybridized carbons (Fsp3) is 0.308. The van der Waals surface area contributed by atoms with E-state index in [1.54, 1.807) is 18.6 Å². The molecule has 184 valence electrons. The highest BCUT2D eigenvalue weighted by molar-refractivity contribution is 6.06. The van der Waals surface area contributed by atoms with Crippen molar-refractivity contribution in [2.45, 2.75) is 25.4 Å². The van der Waals surface area contributed by atoms with Crippen LogP contribution in [-0.4, -0.2) is 57.5 Å². The molecule has 1 atom stereocenters. The Bertz CT molecular complexity index is 1480. The molecule has 10 heteroatoms. The number of carbonyl (C=O) groups excluding carboxylic acids is 1. The minimum atomic E-state index is -0.345. The van der Waals surface area contributed by atoms with Gasteiger partial charge in [-0.2, -0.15) is 0 Å². The topological polar surface area (TPSA) is 96.7 Å². The number of anilines is 2. The molecule has 0 spiro atoms. The van der Waals surface area contributed by atoms with Gasteiger partial charge in [0.05, 0.1) is 47.3 Å². The maximum absolute atomic E-state index is 13.7. The Kier molecular flexibility index (Phi) is 5.62. The third-order valence-corrected chi connectivity index (χ3v) is 6.64. The van der Waals surface area contributed by atoms with Gasteiger partial charge in [0, 0.05) is 43.4 Å². The van der Waals surface area contributed by atoms with Crippen molar-refractivity contribution in [1.82, 2.24) is 29.6 Å². The molecule has 1 amide bonds. The van der Waals surface area contributed by atoms with Crippen LogP contribution in [0.15, 0.2) is 42.9 Å². The van der Waals surface area contributed by atoms with Gasteiger partial charge in [-0.1, -0.05) is 6.07 Å². The Morgan fingerprint density at radius 1 is 1.25 bits per heavy atom. The summed E-state index contributed by atoms with van der Waals surface area (Å²) in [4.78, 5) is 28.9. The summed E-state index contributed by atoms with van der Waals surface area (Å²) in [6, 6.07) is 6.60. The van der Waals surface area contributed by atoms with E-state index < -0.39 is 0 Å². The zero-order valence-electron chi connectivity index (χ0n) is 20.1. The van der Waals surface area contributed by atoms with Crippen molar-refractivity contribution >= 4 is 23.1 Å². The molecule has 1 saturated heterocycles. The van der Waals surface area contributed by atoms with Gasteiger partial charge >= 0.3 is 0 Å². The molecule has 9 nitrogen and oxygen atoms in total. The van der Waals surface area contributed by atoms with Gasteiger partial charge in [-0.05, 0) is 38.2 Å². The van der Waals surface area contributed by atoms with Gasteiger partial charge in [-0.3, -0.25) is 14.2 Å². The van der Waals surface area contributed by atoms with E-state index in [-0.39, 0.29) is 17.6 Å². The lowest BCUT2D eigenvalue weighted by molar-refractivity contribution is 0.0966. The molecular formula is C26H26FN7O2. The first-order valence-corrected chi connectivity index (χ1v) is 11.9. The molecule has 0 unspecified atom stereocenters. The van der Waals surface area contributed by atoms with Crippen molar-refractivity contribution in [1.29, 1.82) is 0 Å². The number of pyridine rings is 1. The minimum absolute atomic E-state index is 0.157. The predicted octanol–water partition coefficient (Wildman–Crippen LogP) is 3.48. The average Bonchev–Trinajstić information content (AvgIpc) is 3.60. The van der Waals surface area contributed by atoms with Crippen LogP contribution in [0.4, 0.5) is 15.9 Å². The number of aromatic nitrogens is 4. The second-order valence-electron chi connectivity index (χ2n) is 9.42. The van der Waals surface area contributed by atoms with Crippen LogP contribution in [-0.2, 0) is 17.8 Å². The van der Waals surface area contributed by atoms with Gasteiger partial charge < -0.3 is 20.3 Å². The summed E-state index contributed by atoms with van der Waals surface area (Å²) < 4.78 is 21.0.